The molecule has 0 saturated carbocycles. The van der Waals surface area contributed by atoms with E-state index in [4.69, 9.17) is 4.74 Å². The molecule has 0 amide bonds. The second-order valence-electron chi connectivity index (χ2n) is 5.75. The van der Waals surface area contributed by atoms with Crippen LogP contribution in [0.15, 0.2) is 35.1 Å². The number of aromatic nitrogens is 1. The van der Waals surface area contributed by atoms with Crippen LogP contribution in [-0.2, 0) is 6.54 Å². The molecular weight excluding hydrogens is 276 g/mol. The third-order valence-corrected chi connectivity index (χ3v) is 3.71. The number of aryl methyl sites for hydroxylation is 1. The maximum Gasteiger partial charge on any atom is 0.255 e. The molecule has 0 spiro atoms. The Hall–Kier alpha value is -2.07. The zero-order valence-electron chi connectivity index (χ0n) is 13.9. The van der Waals surface area contributed by atoms with E-state index in [-0.39, 0.29) is 11.6 Å². The van der Waals surface area contributed by atoms with Gasteiger partial charge in [-0.25, -0.2) is 0 Å². The third-order valence-electron chi connectivity index (χ3n) is 3.71. The van der Waals surface area contributed by atoms with Crippen molar-refractivity contribution in [2.24, 2.45) is 0 Å². The van der Waals surface area contributed by atoms with Crippen LogP contribution < -0.4 is 15.6 Å². The molecule has 0 aliphatic heterocycles. The van der Waals surface area contributed by atoms with Crippen molar-refractivity contribution in [2.75, 3.05) is 14.2 Å². The van der Waals surface area contributed by atoms with Gasteiger partial charge in [0.15, 0.2) is 0 Å². The van der Waals surface area contributed by atoms with Crippen molar-refractivity contribution < 1.29 is 4.74 Å². The molecule has 0 aliphatic carbocycles. The smallest absolute Gasteiger partial charge is 0.255 e. The third kappa shape index (κ3) is 3.07. The summed E-state index contributed by atoms with van der Waals surface area (Å²) >= 11 is 0. The van der Waals surface area contributed by atoms with Crippen LogP contribution in [0.4, 0.5) is 0 Å². The van der Waals surface area contributed by atoms with Crippen molar-refractivity contribution >= 4 is 0 Å². The van der Waals surface area contributed by atoms with Crippen molar-refractivity contribution in [3.63, 3.8) is 0 Å². The summed E-state index contributed by atoms with van der Waals surface area (Å²) in [5.41, 5.74) is 3.79. The molecule has 4 nitrogen and oxygen atoms in total. The van der Waals surface area contributed by atoms with Gasteiger partial charge < -0.3 is 14.6 Å². The molecule has 0 bridgehead atoms. The summed E-state index contributed by atoms with van der Waals surface area (Å²) in [6.45, 7) is 6.65. The number of methoxy groups -OCH3 is 1. The van der Waals surface area contributed by atoms with Crippen molar-refractivity contribution in [3.8, 4) is 17.0 Å². The molecule has 0 atom stereocenters. The maximum absolute atomic E-state index is 12.8. The zero-order valence-corrected chi connectivity index (χ0v) is 13.9. The van der Waals surface area contributed by atoms with Crippen molar-refractivity contribution in [2.45, 2.75) is 33.4 Å². The highest BCUT2D eigenvalue weighted by atomic mass is 16.5. The largest absolute Gasteiger partial charge is 0.496 e. The van der Waals surface area contributed by atoms with E-state index in [1.807, 2.05) is 56.7 Å². The lowest BCUT2D eigenvalue weighted by atomic mass is 10.0. The highest BCUT2D eigenvalue weighted by Crippen LogP contribution is 2.31. The lowest BCUT2D eigenvalue weighted by Crippen LogP contribution is -2.28. The maximum atomic E-state index is 12.8. The molecule has 2 aromatic rings. The number of nitrogens with zero attached hydrogens (tertiary/aromatic N) is 1. The van der Waals surface area contributed by atoms with E-state index in [0.29, 0.717) is 6.54 Å². The molecule has 0 radical (unpaired) electrons. The molecule has 0 aliphatic rings. The van der Waals surface area contributed by atoms with Gasteiger partial charge in [-0.1, -0.05) is 17.7 Å². The van der Waals surface area contributed by atoms with Gasteiger partial charge in [0.1, 0.15) is 5.75 Å². The molecule has 2 rings (SSSR count). The van der Waals surface area contributed by atoms with E-state index in [1.165, 1.54) is 0 Å². The zero-order chi connectivity index (χ0) is 16.3. The first-order valence-corrected chi connectivity index (χ1v) is 7.53. The minimum absolute atomic E-state index is 0.0467. The number of ether oxygens (including phenoxy) is 1. The Balaban J connectivity index is 2.73. The number of hydrogen-bond acceptors (Lipinski definition) is 3. The van der Waals surface area contributed by atoms with Gasteiger partial charge in [0.2, 0.25) is 0 Å². The molecule has 4 heteroatoms. The van der Waals surface area contributed by atoms with E-state index in [0.717, 1.165) is 28.1 Å². The average Bonchev–Trinajstić information content (AvgIpc) is 2.48. The Bertz CT molecular complexity index is 718. The summed E-state index contributed by atoms with van der Waals surface area (Å²) in [6.07, 6.45) is 0. The van der Waals surface area contributed by atoms with Crippen LogP contribution in [0.25, 0.3) is 11.3 Å². The van der Waals surface area contributed by atoms with Gasteiger partial charge in [-0.2, -0.15) is 0 Å². The van der Waals surface area contributed by atoms with E-state index in [2.05, 4.69) is 11.4 Å². The minimum Gasteiger partial charge on any atom is -0.496 e. The quantitative estimate of drug-likeness (QED) is 0.922. The van der Waals surface area contributed by atoms with E-state index in [1.54, 1.807) is 7.11 Å². The summed E-state index contributed by atoms with van der Waals surface area (Å²) in [5, 5.41) is 3.04. The highest BCUT2D eigenvalue weighted by molar-refractivity contribution is 5.68. The first-order chi connectivity index (χ1) is 10.5. The summed E-state index contributed by atoms with van der Waals surface area (Å²) in [6, 6.07) is 9.99. The van der Waals surface area contributed by atoms with E-state index >= 15 is 0 Å². The fourth-order valence-corrected chi connectivity index (χ4v) is 2.67. The van der Waals surface area contributed by atoms with Crippen LogP contribution in [0.5, 0.6) is 5.75 Å². The lowest BCUT2D eigenvalue weighted by Gasteiger charge is -2.20. The number of pyridine rings is 1. The van der Waals surface area contributed by atoms with Crippen molar-refractivity contribution in [1.82, 2.24) is 9.88 Å². The van der Waals surface area contributed by atoms with Crippen LogP contribution in [0.3, 0.4) is 0 Å². The van der Waals surface area contributed by atoms with E-state index in [9.17, 15) is 4.79 Å². The topological polar surface area (TPSA) is 43.3 Å². The monoisotopic (exact) mass is 300 g/mol. The second kappa shape index (κ2) is 6.79. The van der Waals surface area contributed by atoms with E-state index < -0.39 is 0 Å². The number of rotatable bonds is 5. The second-order valence-corrected chi connectivity index (χ2v) is 5.75. The summed E-state index contributed by atoms with van der Waals surface area (Å²) in [7, 11) is 3.50. The number of nitrogens with one attached hydrogen (secondary N) is 1. The normalized spacial score (nSPS) is 11.0. The molecule has 1 N–H and O–H groups in total. The Morgan fingerprint density at radius 1 is 1.23 bits per heavy atom. The molecule has 0 fully saturated rings. The van der Waals surface area contributed by atoms with Crippen LogP contribution in [0.1, 0.15) is 31.0 Å². The fraction of sp³-hybridized carbons (Fsp3) is 0.389. The molecule has 118 valence electrons. The summed E-state index contributed by atoms with van der Waals surface area (Å²) in [5.74, 6) is 0.778. The van der Waals surface area contributed by atoms with Crippen LogP contribution in [-0.4, -0.2) is 18.7 Å². The van der Waals surface area contributed by atoms with Crippen LogP contribution in [0, 0.1) is 6.92 Å². The number of hydrogen-bond donors (Lipinski definition) is 1. The molecule has 1 heterocycles. The Morgan fingerprint density at radius 2 is 1.95 bits per heavy atom. The predicted molar refractivity (Wildman–Crippen MR) is 90.6 cm³/mol. The molecule has 22 heavy (non-hydrogen) atoms. The standard InChI is InChI=1S/C18H24N2O2/c1-12(2)20-16(8-7-14(11-19-4)18(20)21)15-10-13(3)6-9-17(15)22-5/h6-10,12,19H,11H2,1-5H3. The first-order valence-electron chi connectivity index (χ1n) is 7.53. The van der Waals surface area contributed by atoms with Gasteiger partial charge in [-0.15, -0.1) is 0 Å². The molecule has 0 saturated heterocycles. The van der Waals surface area contributed by atoms with Crippen LogP contribution in [0.2, 0.25) is 0 Å². The van der Waals surface area contributed by atoms with Gasteiger partial charge in [-0.05, 0) is 46.0 Å². The molecule has 0 unspecified atom stereocenters. The summed E-state index contributed by atoms with van der Waals surface area (Å²) in [4.78, 5) is 12.8. The molecule has 1 aromatic carbocycles. The van der Waals surface area contributed by atoms with Gasteiger partial charge in [0.05, 0.1) is 12.8 Å². The molecule has 1 aromatic heterocycles. The van der Waals surface area contributed by atoms with Crippen molar-refractivity contribution in [1.29, 1.82) is 0 Å². The minimum atomic E-state index is 0.0467. The van der Waals surface area contributed by atoms with Gasteiger partial charge in [0, 0.05) is 23.7 Å². The predicted octanol–water partition coefficient (Wildman–Crippen LogP) is 3.13. The first kappa shape index (κ1) is 16.3. The lowest BCUT2D eigenvalue weighted by molar-refractivity contribution is 0.415. The Labute approximate surface area is 131 Å². The Kier molecular flexibility index (Phi) is 5.03. The average molecular weight is 300 g/mol. The van der Waals surface area contributed by atoms with Crippen LogP contribution >= 0.6 is 0 Å². The SMILES string of the molecule is CNCc1ccc(-c2cc(C)ccc2OC)n(C(C)C)c1=O. The van der Waals surface area contributed by atoms with Gasteiger partial charge >= 0.3 is 0 Å². The van der Waals surface area contributed by atoms with Gasteiger partial charge in [-0.3, -0.25) is 4.79 Å². The number of benzene rings is 1. The highest BCUT2D eigenvalue weighted by Gasteiger charge is 2.15. The fourth-order valence-electron chi connectivity index (χ4n) is 2.67. The van der Waals surface area contributed by atoms with Crippen molar-refractivity contribution in [3.05, 3.63) is 51.8 Å². The van der Waals surface area contributed by atoms with Gasteiger partial charge in [0.25, 0.3) is 5.56 Å². The molecular formula is C18H24N2O2. The summed E-state index contributed by atoms with van der Waals surface area (Å²) < 4.78 is 7.32. The Morgan fingerprint density at radius 3 is 2.55 bits per heavy atom.